The monoisotopic (exact) mass is 324 g/mol. The molecular formula is C18H20N4O2. The van der Waals surface area contributed by atoms with Gasteiger partial charge in [0.15, 0.2) is 0 Å². The Morgan fingerprint density at radius 1 is 1.21 bits per heavy atom. The largest absolute Gasteiger partial charge is 0.495 e. The van der Waals surface area contributed by atoms with Crippen LogP contribution in [-0.4, -0.2) is 28.0 Å². The second-order valence-corrected chi connectivity index (χ2v) is 5.82. The number of nitrogens with zero attached hydrogens (tertiary/aromatic N) is 3. The topological polar surface area (TPSA) is 69.0 Å². The number of fused-ring (bicyclic) bond motifs is 1. The summed E-state index contributed by atoms with van der Waals surface area (Å²) in [4.78, 5) is 12.6. The summed E-state index contributed by atoms with van der Waals surface area (Å²) < 4.78 is 6.91. The number of carbonyl (C=O) groups is 1. The van der Waals surface area contributed by atoms with Gasteiger partial charge in [-0.05, 0) is 56.2 Å². The fourth-order valence-electron chi connectivity index (χ4n) is 2.58. The molecule has 0 saturated carbocycles. The van der Waals surface area contributed by atoms with E-state index in [4.69, 9.17) is 4.74 Å². The summed E-state index contributed by atoms with van der Waals surface area (Å²) >= 11 is 0. The lowest BCUT2D eigenvalue weighted by atomic mass is 10.1. The van der Waals surface area contributed by atoms with E-state index in [9.17, 15) is 4.79 Å². The average molecular weight is 324 g/mol. The number of para-hydroxylation sites is 2. The molecule has 1 aromatic heterocycles. The number of rotatable bonds is 4. The molecular weight excluding hydrogens is 304 g/mol. The standard InChI is InChI=1S/C18H20N4O2/c1-11-9-15-16(10-12(11)2)22(21-20-15)13(3)18(23)19-14-7-5-6-8-17(14)24-4/h5-10,13H,1-4H3,(H,19,23). The number of carbonyl (C=O) groups excluding carboxylic acids is 1. The predicted molar refractivity (Wildman–Crippen MR) is 93.3 cm³/mol. The van der Waals surface area contributed by atoms with E-state index in [0.717, 1.165) is 22.2 Å². The van der Waals surface area contributed by atoms with Crippen molar-refractivity contribution in [3.63, 3.8) is 0 Å². The minimum Gasteiger partial charge on any atom is -0.495 e. The van der Waals surface area contributed by atoms with E-state index in [-0.39, 0.29) is 5.91 Å². The lowest BCUT2D eigenvalue weighted by Crippen LogP contribution is -2.24. The molecule has 1 amide bonds. The molecule has 0 spiro atoms. The molecule has 2 aromatic carbocycles. The molecule has 0 aliphatic heterocycles. The average Bonchev–Trinajstić information content (AvgIpc) is 2.97. The molecule has 0 saturated heterocycles. The van der Waals surface area contributed by atoms with Crippen molar-refractivity contribution in [2.75, 3.05) is 12.4 Å². The van der Waals surface area contributed by atoms with Gasteiger partial charge in [-0.2, -0.15) is 0 Å². The lowest BCUT2D eigenvalue weighted by molar-refractivity contribution is -0.119. The first-order chi connectivity index (χ1) is 11.5. The molecule has 24 heavy (non-hydrogen) atoms. The summed E-state index contributed by atoms with van der Waals surface area (Å²) in [7, 11) is 1.57. The van der Waals surface area contributed by atoms with Crippen LogP contribution in [-0.2, 0) is 4.79 Å². The molecule has 6 heteroatoms. The molecule has 3 aromatic rings. The van der Waals surface area contributed by atoms with E-state index >= 15 is 0 Å². The minimum absolute atomic E-state index is 0.176. The van der Waals surface area contributed by atoms with Gasteiger partial charge >= 0.3 is 0 Å². The molecule has 1 unspecified atom stereocenters. The zero-order chi connectivity index (χ0) is 17.3. The van der Waals surface area contributed by atoms with Gasteiger partial charge in [0.2, 0.25) is 5.91 Å². The molecule has 0 fully saturated rings. The quantitative estimate of drug-likeness (QED) is 0.800. The third-order valence-electron chi connectivity index (χ3n) is 4.20. The molecule has 0 bridgehead atoms. The highest BCUT2D eigenvalue weighted by Gasteiger charge is 2.20. The number of aromatic nitrogens is 3. The van der Waals surface area contributed by atoms with Crippen LogP contribution in [0.25, 0.3) is 11.0 Å². The maximum Gasteiger partial charge on any atom is 0.249 e. The fourth-order valence-corrected chi connectivity index (χ4v) is 2.58. The van der Waals surface area contributed by atoms with Gasteiger partial charge in [0.25, 0.3) is 0 Å². The summed E-state index contributed by atoms with van der Waals surface area (Å²) in [6.07, 6.45) is 0. The highest BCUT2D eigenvalue weighted by atomic mass is 16.5. The van der Waals surface area contributed by atoms with Crippen molar-refractivity contribution in [1.82, 2.24) is 15.0 Å². The van der Waals surface area contributed by atoms with Crippen LogP contribution in [0.1, 0.15) is 24.1 Å². The van der Waals surface area contributed by atoms with E-state index in [2.05, 4.69) is 15.6 Å². The van der Waals surface area contributed by atoms with Crippen LogP contribution in [0.5, 0.6) is 5.75 Å². The Hall–Kier alpha value is -2.89. The minimum atomic E-state index is -0.498. The summed E-state index contributed by atoms with van der Waals surface area (Å²) in [5, 5.41) is 11.2. The van der Waals surface area contributed by atoms with E-state index < -0.39 is 6.04 Å². The summed E-state index contributed by atoms with van der Waals surface area (Å²) in [5.41, 5.74) is 4.56. The van der Waals surface area contributed by atoms with Gasteiger partial charge in [0.1, 0.15) is 17.3 Å². The Kier molecular flexibility index (Phi) is 4.20. The molecule has 124 valence electrons. The maximum atomic E-state index is 12.6. The Labute approximate surface area is 140 Å². The lowest BCUT2D eigenvalue weighted by Gasteiger charge is -2.15. The van der Waals surface area contributed by atoms with Crippen LogP contribution in [0, 0.1) is 13.8 Å². The predicted octanol–water partition coefficient (Wildman–Crippen LogP) is 3.26. The summed E-state index contributed by atoms with van der Waals surface area (Å²) in [6.45, 7) is 5.87. The van der Waals surface area contributed by atoms with Crippen LogP contribution in [0.4, 0.5) is 5.69 Å². The molecule has 1 N–H and O–H groups in total. The van der Waals surface area contributed by atoms with E-state index in [1.807, 2.05) is 38.1 Å². The first-order valence-electron chi connectivity index (χ1n) is 7.77. The van der Waals surface area contributed by atoms with Crippen molar-refractivity contribution in [1.29, 1.82) is 0 Å². The third-order valence-corrected chi connectivity index (χ3v) is 4.20. The van der Waals surface area contributed by atoms with Crippen LogP contribution in [0.3, 0.4) is 0 Å². The second-order valence-electron chi connectivity index (χ2n) is 5.82. The molecule has 0 aliphatic rings. The number of nitrogens with one attached hydrogen (secondary N) is 1. The van der Waals surface area contributed by atoms with E-state index in [1.54, 1.807) is 30.8 Å². The van der Waals surface area contributed by atoms with Gasteiger partial charge in [-0.3, -0.25) is 4.79 Å². The zero-order valence-electron chi connectivity index (χ0n) is 14.2. The molecule has 0 radical (unpaired) electrons. The Morgan fingerprint density at radius 2 is 1.92 bits per heavy atom. The number of amides is 1. The number of anilines is 1. The Balaban J connectivity index is 1.90. The summed E-state index contributed by atoms with van der Waals surface area (Å²) in [6, 6.07) is 10.8. The fraction of sp³-hybridized carbons (Fsp3) is 0.278. The number of methoxy groups -OCH3 is 1. The zero-order valence-corrected chi connectivity index (χ0v) is 14.2. The molecule has 1 atom stereocenters. The number of aryl methyl sites for hydroxylation is 2. The van der Waals surface area contributed by atoms with Crippen molar-refractivity contribution in [3.05, 3.63) is 47.5 Å². The van der Waals surface area contributed by atoms with Crippen molar-refractivity contribution in [2.45, 2.75) is 26.8 Å². The van der Waals surface area contributed by atoms with Gasteiger partial charge in [-0.15, -0.1) is 5.10 Å². The van der Waals surface area contributed by atoms with Gasteiger partial charge < -0.3 is 10.1 Å². The summed E-state index contributed by atoms with van der Waals surface area (Å²) in [5.74, 6) is 0.442. The van der Waals surface area contributed by atoms with Gasteiger partial charge in [-0.25, -0.2) is 4.68 Å². The first-order valence-corrected chi connectivity index (χ1v) is 7.77. The van der Waals surface area contributed by atoms with Gasteiger partial charge in [0.05, 0.1) is 18.3 Å². The van der Waals surface area contributed by atoms with Gasteiger partial charge in [0, 0.05) is 0 Å². The van der Waals surface area contributed by atoms with Crippen LogP contribution in [0.15, 0.2) is 36.4 Å². The number of benzene rings is 2. The Bertz CT molecular complexity index is 901. The third kappa shape index (κ3) is 2.82. The molecule has 3 rings (SSSR count). The second kappa shape index (κ2) is 6.31. The number of hydrogen-bond donors (Lipinski definition) is 1. The highest BCUT2D eigenvalue weighted by molar-refractivity contribution is 5.95. The normalized spacial score (nSPS) is 12.2. The van der Waals surface area contributed by atoms with Gasteiger partial charge in [-0.1, -0.05) is 17.3 Å². The van der Waals surface area contributed by atoms with E-state index in [0.29, 0.717) is 11.4 Å². The number of ether oxygens (including phenoxy) is 1. The smallest absolute Gasteiger partial charge is 0.249 e. The molecule has 0 aliphatic carbocycles. The van der Waals surface area contributed by atoms with Crippen molar-refractivity contribution in [3.8, 4) is 5.75 Å². The highest BCUT2D eigenvalue weighted by Crippen LogP contribution is 2.25. The van der Waals surface area contributed by atoms with Crippen molar-refractivity contribution >= 4 is 22.6 Å². The van der Waals surface area contributed by atoms with E-state index in [1.165, 1.54) is 0 Å². The van der Waals surface area contributed by atoms with Crippen LogP contribution in [0.2, 0.25) is 0 Å². The molecule has 1 heterocycles. The van der Waals surface area contributed by atoms with Crippen molar-refractivity contribution in [2.24, 2.45) is 0 Å². The molecule has 6 nitrogen and oxygen atoms in total. The van der Waals surface area contributed by atoms with Crippen molar-refractivity contribution < 1.29 is 9.53 Å². The number of hydrogen-bond acceptors (Lipinski definition) is 4. The first kappa shape index (κ1) is 16.0. The maximum absolute atomic E-state index is 12.6. The Morgan fingerprint density at radius 3 is 2.67 bits per heavy atom. The van der Waals surface area contributed by atoms with Crippen LogP contribution < -0.4 is 10.1 Å². The van der Waals surface area contributed by atoms with Crippen LogP contribution >= 0.6 is 0 Å². The SMILES string of the molecule is COc1ccccc1NC(=O)C(C)n1nnc2cc(C)c(C)cc21.